The maximum atomic E-state index is 12.0. The minimum absolute atomic E-state index is 0.166. The van der Waals surface area contributed by atoms with Gasteiger partial charge in [-0.25, -0.2) is 14.8 Å². The third-order valence-electron chi connectivity index (χ3n) is 4.00. The highest BCUT2D eigenvalue weighted by Gasteiger charge is 2.21. The molecule has 0 atom stereocenters. The van der Waals surface area contributed by atoms with E-state index in [1.165, 1.54) is 40.8 Å². The van der Waals surface area contributed by atoms with Crippen molar-refractivity contribution in [1.82, 2.24) is 9.97 Å². The van der Waals surface area contributed by atoms with Crippen molar-refractivity contribution in [1.29, 1.82) is 0 Å². The zero-order chi connectivity index (χ0) is 20.8. The van der Waals surface area contributed by atoms with Crippen LogP contribution < -0.4 is 0 Å². The molecule has 1 N–H and O–H groups in total. The smallest absolute Gasteiger partial charge is 0.341 e. The molecule has 0 saturated carbocycles. The Kier molecular flexibility index (Phi) is 7.89. The van der Waals surface area contributed by atoms with Crippen molar-refractivity contribution in [3.05, 3.63) is 75.8 Å². The Morgan fingerprint density at radius 3 is 1.86 bits per heavy atom. The van der Waals surface area contributed by atoms with Crippen molar-refractivity contribution in [2.75, 3.05) is 6.26 Å². The minimum Gasteiger partial charge on any atom is -0.477 e. The lowest BCUT2D eigenvalue weighted by molar-refractivity contribution is 0.0686. The molecule has 2 aromatic carbocycles. The first-order valence-electron chi connectivity index (χ1n) is 8.71. The van der Waals surface area contributed by atoms with Gasteiger partial charge in [0.1, 0.15) is 15.6 Å². The number of halogens is 1. The molecule has 0 spiro atoms. The van der Waals surface area contributed by atoms with Crippen LogP contribution in [0.25, 0.3) is 0 Å². The first kappa shape index (κ1) is 22.0. The average molecular weight is 463 g/mol. The molecule has 0 aliphatic carbocycles. The van der Waals surface area contributed by atoms with Crippen LogP contribution in [0.5, 0.6) is 0 Å². The van der Waals surface area contributed by atoms with Crippen LogP contribution in [-0.4, -0.2) is 27.3 Å². The predicted molar refractivity (Wildman–Crippen MR) is 123 cm³/mol. The molecule has 0 aliphatic heterocycles. The van der Waals surface area contributed by atoms with E-state index < -0.39 is 5.97 Å². The zero-order valence-corrected chi connectivity index (χ0v) is 19.1. The Labute approximate surface area is 187 Å². The van der Waals surface area contributed by atoms with E-state index in [-0.39, 0.29) is 5.56 Å². The molecule has 0 aliphatic rings. The molecule has 0 fully saturated rings. The topological polar surface area (TPSA) is 63.1 Å². The van der Waals surface area contributed by atoms with Gasteiger partial charge in [0.25, 0.3) is 0 Å². The molecule has 0 unspecified atom stereocenters. The average Bonchev–Trinajstić information content (AvgIpc) is 2.72. The molecule has 8 heteroatoms. The van der Waals surface area contributed by atoms with Gasteiger partial charge in [-0.3, -0.25) is 0 Å². The van der Waals surface area contributed by atoms with Crippen LogP contribution >= 0.6 is 46.9 Å². The van der Waals surface area contributed by atoms with Crippen molar-refractivity contribution in [3.8, 4) is 0 Å². The predicted octanol–water partition coefficient (Wildman–Crippen LogP) is 6.44. The number of nitrogens with zero attached hydrogens (tertiary/aromatic N) is 2. The van der Waals surface area contributed by atoms with E-state index >= 15 is 0 Å². The van der Waals surface area contributed by atoms with Gasteiger partial charge < -0.3 is 5.11 Å². The largest absolute Gasteiger partial charge is 0.477 e. The van der Waals surface area contributed by atoms with Crippen molar-refractivity contribution in [2.45, 2.75) is 33.6 Å². The van der Waals surface area contributed by atoms with Gasteiger partial charge in [-0.1, -0.05) is 65.3 Å². The molecular formula is C21H19ClN2O2S3. The van der Waals surface area contributed by atoms with Crippen LogP contribution in [0.4, 0.5) is 0 Å². The van der Waals surface area contributed by atoms with Crippen LogP contribution in [0, 0.1) is 6.92 Å². The summed E-state index contributed by atoms with van der Waals surface area (Å²) in [5.74, 6) is 0.236. The molecule has 0 radical (unpaired) electrons. The monoisotopic (exact) mass is 462 g/mol. The Balaban J connectivity index is 1.86. The van der Waals surface area contributed by atoms with Gasteiger partial charge in [0.05, 0.1) is 0 Å². The zero-order valence-electron chi connectivity index (χ0n) is 15.9. The van der Waals surface area contributed by atoms with E-state index in [2.05, 4.69) is 34.2 Å². The first-order valence-corrected chi connectivity index (χ1v) is 12.3. The third kappa shape index (κ3) is 6.15. The lowest BCUT2D eigenvalue weighted by Crippen LogP contribution is -2.07. The molecular weight excluding hydrogens is 444 g/mol. The van der Waals surface area contributed by atoms with E-state index in [9.17, 15) is 9.90 Å². The summed E-state index contributed by atoms with van der Waals surface area (Å²) in [6.45, 7) is 2.04. The summed E-state index contributed by atoms with van der Waals surface area (Å²) in [5, 5.41) is 12.1. The Morgan fingerprint density at radius 1 is 0.931 bits per heavy atom. The molecule has 3 aromatic rings. The summed E-state index contributed by atoms with van der Waals surface area (Å²) in [4.78, 5) is 21.0. The molecule has 1 aromatic heterocycles. The van der Waals surface area contributed by atoms with E-state index in [4.69, 9.17) is 11.6 Å². The number of carboxylic acids is 1. The summed E-state index contributed by atoms with van der Waals surface area (Å²) in [6, 6.07) is 15.7. The van der Waals surface area contributed by atoms with Crippen LogP contribution in [0.15, 0.2) is 63.7 Å². The highest BCUT2D eigenvalue weighted by Crippen LogP contribution is 2.34. The fourth-order valence-corrected chi connectivity index (χ4v) is 5.08. The summed E-state index contributed by atoms with van der Waals surface area (Å²) >= 11 is 10.2. The second kappa shape index (κ2) is 10.4. The second-order valence-electron chi connectivity index (χ2n) is 6.19. The summed E-state index contributed by atoms with van der Waals surface area (Å²) in [5.41, 5.74) is 3.53. The first-order chi connectivity index (χ1) is 14.0. The standard InChI is InChI=1S/C21H19ClN2O2S3/c1-13-3-5-14(6-4-13)11-28-18-17(20(25)26)19(24-21(23-18)27-2)29-12-15-7-9-16(22)10-8-15/h3-10H,11-12H2,1-2H3,(H,25,26). The van der Waals surface area contributed by atoms with E-state index in [1.54, 1.807) is 0 Å². The van der Waals surface area contributed by atoms with Crippen LogP contribution in [0.2, 0.25) is 5.02 Å². The molecule has 0 saturated heterocycles. The number of aryl methyl sites for hydroxylation is 1. The van der Waals surface area contributed by atoms with Crippen molar-refractivity contribution >= 4 is 52.9 Å². The number of aromatic carboxylic acids is 1. The van der Waals surface area contributed by atoms with Gasteiger partial charge in [0.15, 0.2) is 5.16 Å². The number of hydrogen-bond donors (Lipinski definition) is 1. The quantitative estimate of drug-likeness (QED) is 0.234. The van der Waals surface area contributed by atoms with Crippen molar-refractivity contribution < 1.29 is 9.90 Å². The van der Waals surface area contributed by atoms with Crippen LogP contribution in [0.3, 0.4) is 0 Å². The molecule has 29 heavy (non-hydrogen) atoms. The van der Waals surface area contributed by atoms with Gasteiger partial charge in [0.2, 0.25) is 0 Å². The molecule has 1 heterocycles. The lowest BCUT2D eigenvalue weighted by atomic mass is 10.2. The number of thioether (sulfide) groups is 3. The number of aromatic nitrogens is 2. The van der Waals surface area contributed by atoms with E-state index in [1.807, 2.05) is 37.4 Å². The molecule has 0 bridgehead atoms. The highest BCUT2D eigenvalue weighted by atomic mass is 35.5. The summed E-state index contributed by atoms with van der Waals surface area (Å²) in [6.07, 6.45) is 1.89. The number of hydrogen-bond acceptors (Lipinski definition) is 6. The second-order valence-corrected chi connectivity index (χ2v) is 9.33. The Hall–Kier alpha value is -1.67. The molecule has 150 valence electrons. The van der Waals surface area contributed by atoms with Gasteiger partial charge >= 0.3 is 5.97 Å². The number of carboxylic acid groups (broad SMARTS) is 1. The third-order valence-corrected chi connectivity index (χ3v) is 6.90. The Morgan fingerprint density at radius 2 is 1.41 bits per heavy atom. The number of rotatable bonds is 8. The molecule has 0 amide bonds. The van der Waals surface area contributed by atoms with Gasteiger partial charge in [0, 0.05) is 16.5 Å². The summed E-state index contributed by atoms with van der Waals surface area (Å²) < 4.78 is 0. The normalized spacial score (nSPS) is 10.9. The summed E-state index contributed by atoms with van der Waals surface area (Å²) in [7, 11) is 0. The maximum Gasteiger partial charge on any atom is 0.341 e. The van der Waals surface area contributed by atoms with Gasteiger partial charge in [-0.15, -0.1) is 23.5 Å². The van der Waals surface area contributed by atoms with E-state index in [0.29, 0.717) is 31.7 Å². The molecule has 3 rings (SSSR count). The fourth-order valence-electron chi connectivity index (χ4n) is 2.45. The minimum atomic E-state index is -1.01. The number of carbonyl (C=O) groups is 1. The van der Waals surface area contributed by atoms with Gasteiger partial charge in [-0.2, -0.15) is 0 Å². The van der Waals surface area contributed by atoms with Crippen LogP contribution in [0.1, 0.15) is 27.0 Å². The van der Waals surface area contributed by atoms with E-state index in [0.717, 1.165) is 11.1 Å². The SMILES string of the molecule is CSc1nc(SCc2ccc(C)cc2)c(C(=O)O)c(SCc2ccc(Cl)cc2)n1. The van der Waals surface area contributed by atoms with Crippen LogP contribution in [-0.2, 0) is 11.5 Å². The van der Waals surface area contributed by atoms with Crippen molar-refractivity contribution in [2.24, 2.45) is 0 Å². The number of benzene rings is 2. The lowest BCUT2D eigenvalue weighted by Gasteiger charge is -2.12. The van der Waals surface area contributed by atoms with Gasteiger partial charge in [-0.05, 0) is 36.4 Å². The maximum absolute atomic E-state index is 12.0. The fraction of sp³-hybridized carbons (Fsp3) is 0.190. The van der Waals surface area contributed by atoms with Crippen molar-refractivity contribution in [3.63, 3.8) is 0 Å². The highest BCUT2D eigenvalue weighted by molar-refractivity contribution is 7.99. The molecule has 4 nitrogen and oxygen atoms in total. The Bertz CT molecular complexity index is 925.